The standard InChI is InChI=1S/C17H18N2O2/c1-13(20)18-12-16(21)19-17(14-8-4-2-5-9-14)15-10-6-3-7-11-15/h2-11,17H,12H2,1H3,(H,18,20)(H,19,21). The third-order valence-corrected chi connectivity index (χ3v) is 3.07. The topological polar surface area (TPSA) is 58.2 Å². The lowest BCUT2D eigenvalue weighted by Crippen LogP contribution is -2.38. The molecule has 0 aliphatic heterocycles. The van der Waals surface area contributed by atoms with Gasteiger partial charge in [-0.3, -0.25) is 9.59 Å². The molecule has 0 fully saturated rings. The number of amides is 2. The van der Waals surface area contributed by atoms with Crippen LogP contribution in [0.3, 0.4) is 0 Å². The third kappa shape index (κ3) is 4.45. The normalized spacial score (nSPS) is 10.2. The fraction of sp³-hybridized carbons (Fsp3) is 0.176. The van der Waals surface area contributed by atoms with Gasteiger partial charge in [-0.25, -0.2) is 0 Å². The Morgan fingerprint density at radius 2 is 1.38 bits per heavy atom. The van der Waals surface area contributed by atoms with Crippen molar-refractivity contribution in [1.29, 1.82) is 0 Å². The second-order valence-electron chi connectivity index (χ2n) is 4.73. The lowest BCUT2D eigenvalue weighted by Gasteiger charge is -2.20. The van der Waals surface area contributed by atoms with Crippen molar-refractivity contribution in [1.82, 2.24) is 10.6 Å². The van der Waals surface area contributed by atoms with E-state index >= 15 is 0 Å². The Kier molecular flexibility index (Phi) is 5.10. The maximum absolute atomic E-state index is 12.0. The van der Waals surface area contributed by atoms with Gasteiger partial charge in [0, 0.05) is 6.92 Å². The lowest BCUT2D eigenvalue weighted by atomic mass is 9.99. The van der Waals surface area contributed by atoms with Crippen LogP contribution < -0.4 is 10.6 Å². The molecule has 0 spiro atoms. The Bertz CT molecular complexity index is 557. The summed E-state index contributed by atoms with van der Waals surface area (Å²) in [6.45, 7) is 1.37. The fourth-order valence-electron chi connectivity index (χ4n) is 2.07. The van der Waals surface area contributed by atoms with Gasteiger partial charge >= 0.3 is 0 Å². The number of hydrogen-bond acceptors (Lipinski definition) is 2. The van der Waals surface area contributed by atoms with Crippen LogP contribution in [-0.4, -0.2) is 18.4 Å². The van der Waals surface area contributed by atoms with Gasteiger partial charge in [-0.1, -0.05) is 60.7 Å². The summed E-state index contributed by atoms with van der Waals surface area (Å²) in [5.41, 5.74) is 2.00. The van der Waals surface area contributed by atoms with Crippen molar-refractivity contribution in [2.75, 3.05) is 6.54 Å². The van der Waals surface area contributed by atoms with E-state index in [-0.39, 0.29) is 24.4 Å². The Morgan fingerprint density at radius 3 is 1.81 bits per heavy atom. The quantitative estimate of drug-likeness (QED) is 0.881. The molecule has 21 heavy (non-hydrogen) atoms. The number of benzene rings is 2. The molecule has 0 aliphatic rings. The van der Waals surface area contributed by atoms with E-state index in [9.17, 15) is 9.59 Å². The minimum atomic E-state index is -0.228. The summed E-state index contributed by atoms with van der Waals surface area (Å²) < 4.78 is 0. The highest BCUT2D eigenvalue weighted by Gasteiger charge is 2.16. The highest BCUT2D eigenvalue weighted by molar-refractivity contribution is 5.84. The van der Waals surface area contributed by atoms with E-state index in [0.29, 0.717) is 0 Å². The molecule has 0 heterocycles. The van der Waals surface area contributed by atoms with Crippen LogP contribution in [0.1, 0.15) is 24.1 Å². The van der Waals surface area contributed by atoms with Crippen LogP contribution in [0.15, 0.2) is 60.7 Å². The molecule has 2 aromatic rings. The van der Waals surface area contributed by atoms with Crippen LogP contribution >= 0.6 is 0 Å². The van der Waals surface area contributed by atoms with Gasteiger partial charge in [0.2, 0.25) is 11.8 Å². The van der Waals surface area contributed by atoms with Crippen LogP contribution in [0.4, 0.5) is 0 Å². The number of rotatable bonds is 5. The van der Waals surface area contributed by atoms with Gasteiger partial charge in [-0.05, 0) is 11.1 Å². The smallest absolute Gasteiger partial charge is 0.240 e. The van der Waals surface area contributed by atoms with Crippen molar-refractivity contribution in [3.05, 3.63) is 71.8 Å². The molecule has 0 aromatic heterocycles. The molecule has 0 radical (unpaired) electrons. The van der Waals surface area contributed by atoms with E-state index in [1.165, 1.54) is 6.92 Å². The van der Waals surface area contributed by atoms with E-state index in [1.807, 2.05) is 60.7 Å². The molecule has 0 unspecified atom stereocenters. The summed E-state index contributed by atoms with van der Waals surface area (Å²) in [6.07, 6.45) is 0. The van der Waals surface area contributed by atoms with Crippen molar-refractivity contribution >= 4 is 11.8 Å². The molecular weight excluding hydrogens is 264 g/mol. The van der Waals surface area contributed by atoms with Crippen molar-refractivity contribution < 1.29 is 9.59 Å². The molecule has 0 saturated carbocycles. The minimum Gasteiger partial charge on any atom is -0.347 e. The van der Waals surface area contributed by atoms with Gasteiger partial charge in [0.1, 0.15) is 0 Å². The van der Waals surface area contributed by atoms with Crippen LogP contribution in [0.2, 0.25) is 0 Å². The Morgan fingerprint density at radius 1 is 0.905 bits per heavy atom. The largest absolute Gasteiger partial charge is 0.347 e. The Labute approximate surface area is 124 Å². The summed E-state index contributed by atoms with van der Waals surface area (Å²) in [5.74, 6) is -0.441. The maximum Gasteiger partial charge on any atom is 0.240 e. The zero-order valence-corrected chi connectivity index (χ0v) is 11.9. The Hall–Kier alpha value is -2.62. The molecule has 2 amide bonds. The van der Waals surface area contributed by atoms with Crippen LogP contribution in [0, 0.1) is 0 Å². The second-order valence-corrected chi connectivity index (χ2v) is 4.73. The predicted octanol–water partition coefficient (Wildman–Crippen LogP) is 2.03. The molecule has 0 saturated heterocycles. The zero-order chi connectivity index (χ0) is 15.1. The fourth-order valence-corrected chi connectivity index (χ4v) is 2.07. The number of carbonyl (C=O) groups excluding carboxylic acids is 2. The third-order valence-electron chi connectivity index (χ3n) is 3.07. The molecule has 0 aliphatic carbocycles. The van der Waals surface area contributed by atoms with E-state index in [0.717, 1.165) is 11.1 Å². The first-order chi connectivity index (χ1) is 10.2. The van der Waals surface area contributed by atoms with Crippen molar-refractivity contribution in [2.24, 2.45) is 0 Å². The minimum absolute atomic E-state index is 0.0223. The van der Waals surface area contributed by atoms with Crippen LogP contribution in [-0.2, 0) is 9.59 Å². The first kappa shape index (κ1) is 14.8. The number of hydrogen-bond donors (Lipinski definition) is 2. The highest BCUT2D eigenvalue weighted by atomic mass is 16.2. The summed E-state index contributed by atoms with van der Waals surface area (Å²) in [5, 5.41) is 5.45. The predicted molar refractivity (Wildman–Crippen MR) is 81.6 cm³/mol. The van der Waals surface area contributed by atoms with Gasteiger partial charge in [0.25, 0.3) is 0 Å². The van der Waals surface area contributed by atoms with Gasteiger partial charge in [0.05, 0.1) is 12.6 Å². The first-order valence-electron chi connectivity index (χ1n) is 6.80. The molecule has 0 bridgehead atoms. The average molecular weight is 282 g/mol. The summed E-state index contributed by atoms with van der Waals surface area (Å²) in [6, 6.07) is 19.3. The summed E-state index contributed by atoms with van der Waals surface area (Å²) in [7, 11) is 0. The molecular formula is C17H18N2O2. The van der Waals surface area contributed by atoms with Crippen LogP contribution in [0.5, 0.6) is 0 Å². The number of carbonyl (C=O) groups is 2. The van der Waals surface area contributed by atoms with E-state index in [2.05, 4.69) is 10.6 Å². The van der Waals surface area contributed by atoms with E-state index < -0.39 is 0 Å². The molecule has 2 rings (SSSR count). The maximum atomic E-state index is 12.0. The van der Waals surface area contributed by atoms with Crippen LogP contribution in [0.25, 0.3) is 0 Å². The van der Waals surface area contributed by atoms with Crippen molar-refractivity contribution in [2.45, 2.75) is 13.0 Å². The molecule has 0 atom stereocenters. The highest BCUT2D eigenvalue weighted by Crippen LogP contribution is 2.21. The molecule has 2 N–H and O–H groups in total. The molecule has 4 nitrogen and oxygen atoms in total. The van der Waals surface area contributed by atoms with E-state index in [1.54, 1.807) is 0 Å². The van der Waals surface area contributed by atoms with Gasteiger partial charge < -0.3 is 10.6 Å². The Balaban J connectivity index is 2.17. The molecule has 4 heteroatoms. The summed E-state index contributed by atoms with van der Waals surface area (Å²) >= 11 is 0. The second kappa shape index (κ2) is 7.24. The molecule has 2 aromatic carbocycles. The molecule has 108 valence electrons. The van der Waals surface area contributed by atoms with Crippen molar-refractivity contribution in [3.8, 4) is 0 Å². The van der Waals surface area contributed by atoms with Gasteiger partial charge in [0.15, 0.2) is 0 Å². The first-order valence-corrected chi connectivity index (χ1v) is 6.80. The van der Waals surface area contributed by atoms with Gasteiger partial charge in [-0.2, -0.15) is 0 Å². The lowest BCUT2D eigenvalue weighted by molar-refractivity contribution is -0.125. The monoisotopic (exact) mass is 282 g/mol. The SMILES string of the molecule is CC(=O)NCC(=O)NC(c1ccccc1)c1ccccc1. The average Bonchev–Trinajstić information content (AvgIpc) is 2.52. The van der Waals surface area contributed by atoms with Crippen molar-refractivity contribution in [3.63, 3.8) is 0 Å². The summed E-state index contributed by atoms with van der Waals surface area (Å²) in [4.78, 5) is 22.9. The van der Waals surface area contributed by atoms with E-state index in [4.69, 9.17) is 0 Å². The van der Waals surface area contributed by atoms with Gasteiger partial charge in [-0.15, -0.1) is 0 Å². The zero-order valence-electron chi connectivity index (χ0n) is 11.9. The number of nitrogens with one attached hydrogen (secondary N) is 2.